The summed E-state index contributed by atoms with van der Waals surface area (Å²) in [6.07, 6.45) is 5.27. The molecule has 14 heteroatoms. The fourth-order valence-corrected chi connectivity index (χ4v) is 8.36. The standard InChI is InChI=1S/C28H30FN4O7PS/c29-25(41(37,38)39)14-1-4-23-17(7-14)11-24(42-23)26(34)30-21-10-16-8-15(16)9-19-2-3-22(33(19)27(21)35)28(36)32-12-18(13-32)20-5-6-40-31-20/h1,4-7,11,15-16,18-19,21-22,25H,2-3,8-10,12-13H2,(H,30,34)(H2,37,38,39)/t15-,16+,19-,21+,22+,25?/m1/s1. The Labute approximate surface area is 244 Å². The highest BCUT2D eigenvalue weighted by molar-refractivity contribution is 7.51. The summed E-state index contributed by atoms with van der Waals surface area (Å²) in [5.41, 5.74) is 0.651. The van der Waals surface area contributed by atoms with E-state index in [1.165, 1.54) is 24.5 Å². The van der Waals surface area contributed by atoms with Crippen LogP contribution in [0.2, 0.25) is 0 Å². The number of halogens is 1. The molecule has 6 atom stereocenters. The summed E-state index contributed by atoms with van der Waals surface area (Å²) in [7, 11) is -4.97. The molecule has 3 saturated heterocycles. The van der Waals surface area contributed by atoms with Crippen LogP contribution in [0.25, 0.3) is 10.1 Å². The Morgan fingerprint density at radius 1 is 1.12 bits per heavy atom. The Morgan fingerprint density at radius 3 is 2.64 bits per heavy atom. The molecule has 0 spiro atoms. The van der Waals surface area contributed by atoms with Crippen LogP contribution in [0.5, 0.6) is 0 Å². The Balaban J connectivity index is 1.08. The smallest absolute Gasteiger partial charge is 0.363 e. The summed E-state index contributed by atoms with van der Waals surface area (Å²) >= 11 is 1.16. The third-order valence-electron chi connectivity index (χ3n) is 9.23. The van der Waals surface area contributed by atoms with E-state index in [9.17, 15) is 33.1 Å². The van der Waals surface area contributed by atoms with Crippen molar-refractivity contribution >= 4 is 46.7 Å². The van der Waals surface area contributed by atoms with Crippen LogP contribution in [-0.2, 0) is 14.2 Å². The number of carbonyl (C=O) groups is 3. The maximum absolute atomic E-state index is 14.2. The summed E-state index contributed by atoms with van der Waals surface area (Å²) in [6, 6.07) is 6.14. The summed E-state index contributed by atoms with van der Waals surface area (Å²) in [6.45, 7) is 1.06. The van der Waals surface area contributed by atoms with E-state index in [1.54, 1.807) is 21.9 Å². The van der Waals surface area contributed by atoms with Crippen molar-refractivity contribution in [3.63, 3.8) is 0 Å². The van der Waals surface area contributed by atoms with Gasteiger partial charge in [0.05, 0.1) is 10.6 Å². The number of rotatable bonds is 6. The number of amides is 3. The van der Waals surface area contributed by atoms with Crippen LogP contribution < -0.4 is 5.32 Å². The van der Waals surface area contributed by atoms with Gasteiger partial charge in [-0.2, -0.15) is 0 Å². The van der Waals surface area contributed by atoms with Crippen molar-refractivity contribution in [2.45, 2.75) is 62.1 Å². The Morgan fingerprint density at radius 2 is 1.90 bits per heavy atom. The van der Waals surface area contributed by atoms with E-state index >= 15 is 0 Å². The molecule has 7 rings (SSSR count). The van der Waals surface area contributed by atoms with Crippen molar-refractivity contribution in [3.05, 3.63) is 52.7 Å². The molecule has 3 aliphatic heterocycles. The van der Waals surface area contributed by atoms with Crippen molar-refractivity contribution in [2.75, 3.05) is 13.1 Å². The van der Waals surface area contributed by atoms with Crippen molar-refractivity contribution in [3.8, 4) is 0 Å². The Bertz CT molecular complexity index is 1600. The third kappa shape index (κ3) is 4.96. The molecule has 0 bridgehead atoms. The monoisotopic (exact) mass is 616 g/mol. The molecule has 3 aromatic rings. The number of nitrogens with one attached hydrogen (secondary N) is 1. The van der Waals surface area contributed by atoms with Crippen molar-refractivity contribution < 1.29 is 37.6 Å². The van der Waals surface area contributed by atoms with Crippen LogP contribution in [0.4, 0.5) is 4.39 Å². The highest BCUT2D eigenvalue weighted by Gasteiger charge is 2.52. The number of thiophene rings is 1. The molecule has 4 fully saturated rings. The fraction of sp³-hybridized carbons (Fsp3) is 0.500. The Kier molecular flexibility index (Phi) is 6.76. The molecule has 1 aromatic carbocycles. The summed E-state index contributed by atoms with van der Waals surface area (Å²) in [4.78, 5) is 63.2. The molecule has 0 radical (unpaired) electrons. The van der Waals surface area contributed by atoms with Gasteiger partial charge < -0.3 is 29.4 Å². The van der Waals surface area contributed by atoms with E-state index in [4.69, 9.17) is 4.52 Å². The number of likely N-dealkylation sites (tertiary alicyclic amines) is 1. The second kappa shape index (κ2) is 10.3. The van der Waals surface area contributed by atoms with Crippen molar-refractivity contribution in [1.29, 1.82) is 0 Å². The predicted molar refractivity (Wildman–Crippen MR) is 149 cm³/mol. The minimum atomic E-state index is -4.97. The molecule has 1 aliphatic carbocycles. The summed E-state index contributed by atoms with van der Waals surface area (Å²) < 4.78 is 31.2. The summed E-state index contributed by atoms with van der Waals surface area (Å²) in [5, 5.41) is 7.38. The molecule has 4 aliphatic rings. The Hall–Kier alpha value is -3.12. The lowest BCUT2D eigenvalue weighted by Gasteiger charge is -2.42. The molecule has 1 unspecified atom stereocenters. The van der Waals surface area contributed by atoms with Gasteiger partial charge in [-0.1, -0.05) is 11.2 Å². The molecular formula is C28H30FN4O7PS. The van der Waals surface area contributed by atoms with Gasteiger partial charge in [-0.3, -0.25) is 18.9 Å². The second-order valence-corrected chi connectivity index (χ2v) is 14.7. The van der Waals surface area contributed by atoms with E-state index in [0.717, 1.165) is 36.3 Å². The maximum atomic E-state index is 14.2. The number of carbonyl (C=O) groups excluding carboxylic acids is 3. The van der Waals surface area contributed by atoms with Gasteiger partial charge in [-0.25, -0.2) is 4.39 Å². The van der Waals surface area contributed by atoms with E-state index in [0.29, 0.717) is 52.7 Å². The van der Waals surface area contributed by atoms with Crippen molar-refractivity contribution in [1.82, 2.24) is 20.3 Å². The second-order valence-electron chi connectivity index (χ2n) is 11.9. The van der Waals surface area contributed by atoms with Gasteiger partial charge in [0.15, 0.2) is 0 Å². The number of fused-ring (bicyclic) bond motifs is 3. The lowest BCUT2D eigenvalue weighted by molar-refractivity contribution is -0.149. The fourth-order valence-electron chi connectivity index (χ4n) is 6.87. The molecule has 3 amide bonds. The van der Waals surface area contributed by atoms with Gasteiger partial charge in [-0.05, 0) is 73.1 Å². The average molecular weight is 617 g/mol. The minimum Gasteiger partial charge on any atom is -0.364 e. The molecule has 222 valence electrons. The normalized spacial score (nSPS) is 28.5. The van der Waals surface area contributed by atoms with Gasteiger partial charge in [-0.15, -0.1) is 11.3 Å². The largest absolute Gasteiger partial charge is 0.364 e. The van der Waals surface area contributed by atoms with Crippen LogP contribution in [0.1, 0.15) is 64.9 Å². The molecule has 3 N–H and O–H groups in total. The zero-order valence-corrected chi connectivity index (χ0v) is 24.2. The van der Waals surface area contributed by atoms with Gasteiger partial charge in [0.1, 0.15) is 18.3 Å². The zero-order valence-electron chi connectivity index (χ0n) is 22.5. The minimum absolute atomic E-state index is 0.0285. The number of nitrogens with zero attached hydrogens (tertiary/aromatic N) is 3. The van der Waals surface area contributed by atoms with E-state index < -0.39 is 31.5 Å². The molecule has 1 saturated carbocycles. The lowest BCUT2D eigenvalue weighted by Crippen LogP contribution is -2.59. The molecule has 2 aromatic heterocycles. The molecule has 5 heterocycles. The van der Waals surface area contributed by atoms with Crippen LogP contribution >= 0.6 is 18.9 Å². The SMILES string of the molecule is O=C(N[C@H]1C[C@@H]2C[C@@H]2C[C@H]2CC[C@@H](C(=O)N3CC(c4ccon4)C3)N2C1=O)c1cc2cc(C(F)P(=O)(O)O)ccc2s1. The van der Waals surface area contributed by atoms with Crippen LogP contribution in [0.3, 0.4) is 0 Å². The predicted octanol–water partition coefficient (Wildman–Crippen LogP) is 3.55. The lowest BCUT2D eigenvalue weighted by atomic mass is 9.95. The number of alkyl halides is 1. The first-order chi connectivity index (χ1) is 20.1. The highest BCUT2D eigenvalue weighted by atomic mass is 32.1. The van der Waals surface area contributed by atoms with Crippen LogP contribution in [0, 0.1) is 11.8 Å². The molecule has 11 nitrogen and oxygen atoms in total. The highest BCUT2D eigenvalue weighted by Crippen LogP contribution is 2.53. The number of hydrogen-bond acceptors (Lipinski definition) is 7. The maximum Gasteiger partial charge on any atom is 0.363 e. The first kappa shape index (κ1) is 27.7. The van der Waals surface area contributed by atoms with Crippen molar-refractivity contribution in [2.24, 2.45) is 11.8 Å². The number of aromatic nitrogens is 1. The van der Waals surface area contributed by atoms with Crippen LogP contribution in [0.15, 0.2) is 41.1 Å². The first-order valence-corrected chi connectivity index (χ1v) is 16.6. The van der Waals surface area contributed by atoms with Gasteiger partial charge in [0.2, 0.25) is 17.7 Å². The number of hydrogen-bond donors (Lipinski definition) is 3. The van der Waals surface area contributed by atoms with E-state index in [-0.39, 0.29) is 29.3 Å². The summed E-state index contributed by atoms with van der Waals surface area (Å²) in [5.74, 6) is -2.24. The average Bonchev–Trinajstić information content (AvgIpc) is 3.33. The zero-order chi connectivity index (χ0) is 29.3. The quantitative estimate of drug-likeness (QED) is 0.356. The van der Waals surface area contributed by atoms with Gasteiger partial charge >= 0.3 is 7.60 Å². The van der Waals surface area contributed by atoms with E-state index in [2.05, 4.69) is 10.5 Å². The van der Waals surface area contributed by atoms with Crippen LogP contribution in [-0.4, -0.2) is 73.7 Å². The first-order valence-electron chi connectivity index (χ1n) is 14.1. The third-order valence-corrected chi connectivity index (χ3v) is 11.2. The molecular weight excluding hydrogens is 586 g/mol. The van der Waals surface area contributed by atoms with Gasteiger partial charge in [0, 0.05) is 35.8 Å². The van der Waals surface area contributed by atoms with E-state index in [1.807, 2.05) is 0 Å². The number of benzene rings is 1. The van der Waals surface area contributed by atoms with Gasteiger partial charge in [0.25, 0.3) is 5.91 Å². The topological polar surface area (TPSA) is 153 Å². The molecule has 42 heavy (non-hydrogen) atoms.